The number of hydrogen-bond acceptors (Lipinski definition) is 5. The molecule has 3 heterocycles. The van der Waals surface area contributed by atoms with Crippen LogP contribution in [0, 0.1) is 12.3 Å². The van der Waals surface area contributed by atoms with E-state index < -0.39 is 0 Å². The second-order valence-corrected chi connectivity index (χ2v) is 8.67. The molecule has 0 aliphatic carbocycles. The van der Waals surface area contributed by atoms with E-state index in [0.29, 0.717) is 43.8 Å². The third-order valence-electron chi connectivity index (χ3n) is 6.46. The smallest absolute Gasteiger partial charge is 0.338 e. The van der Waals surface area contributed by atoms with Crippen LogP contribution in [0.3, 0.4) is 0 Å². The summed E-state index contributed by atoms with van der Waals surface area (Å²) in [7, 11) is 0. The van der Waals surface area contributed by atoms with E-state index in [1.807, 2.05) is 30.7 Å². The Morgan fingerprint density at radius 2 is 2.00 bits per heavy atom. The number of fused-ring (bicyclic) bond motifs is 1. The molecule has 2 aliphatic rings. The number of carbonyl (C=O) groups is 2. The molecule has 1 aromatic carbocycles. The third-order valence-corrected chi connectivity index (χ3v) is 6.46. The summed E-state index contributed by atoms with van der Waals surface area (Å²) in [6.07, 6.45) is 4.07. The van der Waals surface area contributed by atoms with Crippen LogP contribution in [0.5, 0.6) is 0 Å². The van der Waals surface area contributed by atoms with E-state index in [2.05, 4.69) is 5.32 Å². The zero-order valence-corrected chi connectivity index (χ0v) is 18.4. The molecule has 7 nitrogen and oxygen atoms in total. The lowest BCUT2D eigenvalue weighted by Gasteiger charge is -2.36. The van der Waals surface area contributed by atoms with Crippen LogP contribution in [0.4, 0.5) is 0 Å². The molecule has 0 unspecified atom stereocenters. The van der Waals surface area contributed by atoms with Gasteiger partial charge in [0, 0.05) is 31.9 Å². The molecule has 0 saturated carbocycles. The van der Waals surface area contributed by atoms with Crippen molar-refractivity contribution in [1.29, 1.82) is 0 Å². The Labute approximate surface area is 183 Å². The Morgan fingerprint density at radius 3 is 2.71 bits per heavy atom. The molecule has 1 spiro atoms. The fraction of sp³-hybridized carbons (Fsp3) is 0.542. The lowest BCUT2D eigenvalue weighted by atomic mass is 9.75. The van der Waals surface area contributed by atoms with Gasteiger partial charge in [-0.1, -0.05) is 17.7 Å². The minimum absolute atomic E-state index is 0.0351. The van der Waals surface area contributed by atoms with Crippen LogP contribution in [0.2, 0.25) is 0 Å². The largest absolute Gasteiger partial charge is 0.462 e. The van der Waals surface area contributed by atoms with Gasteiger partial charge in [-0.25, -0.2) is 4.79 Å². The van der Waals surface area contributed by atoms with Crippen molar-refractivity contribution in [3.8, 4) is 0 Å². The second kappa shape index (κ2) is 9.22. The molecule has 166 valence electrons. The van der Waals surface area contributed by atoms with Crippen LogP contribution < -0.4 is 5.32 Å². The van der Waals surface area contributed by atoms with Crippen molar-refractivity contribution in [3.63, 3.8) is 0 Å². The number of amides is 1. The highest BCUT2D eigenvalue weighted by molar-refractivity contribution is 5.94. The molecule has 0 bridgehead atoms. The number of benzene rings is 1. The predicted octanol–water partition coefficient (Wildman–Crippen LogP) is 3.08. The molecule has 1 N–H and O–H groups in total. The molecule has 2 aromatic rings. The molecule has 1 amide bonds. The first kappa shape index (κ1) is 21.6. The van der Waals surface area contributed by atoms with E-state index in [0.717, 1.165) is 49.3 Å². The molecule has 0 radical (unpaired) electrons. The zero-order chi connectivity index (χ0) is 21.8. The van der Waals surface area contributed by atoms with E-state index in [1.165, 1.54) is 0 Å². The first-order valence-electron chi connectivity index (χ1n) is 11.2. The van der Waals surface area contributed by atoms with E-state index in [4.69, 9.17) is 14.6 Å². The molecule has 31 heavy (non-hydrogen) atoms. The van der Waals surface area contributed by atoms with Gasteiger partial charge in [0.05, 0.1) is 17.9 Å². The third kappa shape index (κ3) is 4.66. The highest BCUT2D eigenvalue weighted by Gasteiger charge is 2.39. The molecule has 1 fully saturated rings. The lowest BCUT2D eigenvalue weighted by molar-refractivity contribution is 0.0160. The summed E-state index contributed by atoms with van der Waals surface area (Å²) in [5.41, 5.74) is 4.41. The maximum Gasteiger partial charge on any atom is 0.338 e. The van der Waals surface area contributed by atoms with Crippen molar-refractivity contribution in [2.45, 2.75) is 52.5 Å². The van der Waals surface area contributed by atoms with E-state index in [1.54, 1.807) is 12.1 Å². The lowest BCUT2D eigenvalue weighted by Crippen LogP contribution is -2.40. The van der Waals surface area contributed by atoms with Crippen LogP contribution in [-0.2, 0) is 28.9 Å². The first-order valence-corrected chi connectivity index (χ1v) is 11.2. The fourth-order valence-corrected chi connectivity index (χ4v) is 4.54. The van der Waals surface area contributed by atoms with Gasteiger partial charge < -0.3 is 14.8 Å². The summed E-state index contributed by atoms with van der Waals surface area (Å²) in [5, 5.41) is 7.88. The Morgan fingerprint density at radius 1 is 1.26 bits per heavy atom. The number of aryl methyl sites for hydroxylation is 3. The second-order valence-electron chi connectivity index (χ2n) is 8.67. The summed E-state index contributed by atoms with van der Waals surface area (Å²) < 4.78 is 12.8. The van der Waals surface area contributed by atoms with Gasteiger partial charge in [0.2, 0.25) is 0 Å². The topological polar surface area (TPSA) is 82.5 Å². The van der Waals surface area contributed by atoms with Crippen molar-refractivity contribution in [1.82, 2.24) is 15.1 Å². The van der Waals surface area contributed by atoms with Crippen LogP contribution in [0.15, 0.2) is 24.3 Å². The summed E-state index contributed by atoms with van der Waals surface area (Å²) >= 11 is 0. The molecular formula is C24H31N3O4. The van der Waals surface area contributed by atoms with Crippen LogP contribution in [0.25, 0.3) is 0 Å². The van der Waals surface area contributed by atoms with Gasteiger partial charge in [-0.15, -0.1) is 0 Å². The number of nitrogens with zero attached hydrogens (tertiary/aromatic N) is 2. The Kier molecular flexibility index (Phi) is 6.41. The molecule has 1 saturated heterocycles. The predicted molar refractivity (Wildman–Crippen MR) is 116 cm³/mol. The zero-order valence-electron chi connectivity index (χ0n) is 18.4. The Hall–Kier alpha value is -2.67. The molecule has 1 aromatic heterocycles. The molecule has 4 rings (SSSR count). The number of hydrogen-bond donors (Lipinski definition) is 1. The summed E-state index contributed by atoms with van der Waals surface area (Å²) in [4.78, 5) is 25.1. The number of esters is 1. The van der Waals surface area contributed by atoms with Gasteiger partial charge in [-0.2, -0.15) is 5.10 Å². The summed E-state index contributed by atoms with van der Waals surface area (Å²) in [6.45, 7) is 7.11. The number of carbonyl (C=O) groups excluding carboxylic acids is 2. The van der Waals surface area contributed by atoms with Gasteiger partial charge in [0.1, 0.15) is 5.69 Å². The average molecular weight is 426 g/mol. The molecule has 0 atom stereocenters. The monoisotopic (exact) mass is 425 g/mol. The average Bonchev–Trinajstić information content (AvgIpc) is 3.06. The fourth-order valence-electron chi connectivity index (χ4n) is 4.54. The highest BCUT2D eigenvalue weighted by Crippen LogP contribution is 2.37. The maximum atomic E-state index is 12.9. The first-order chi connectivity index (χ1) is 15.0. The van der Waals surface area contributed by atoms with E-state index in [9.17, 15) is 9.59 Å². The van der Waals surface area contributed by atoms with Crippen molar-refractivity contribution >= 4 is 11.9 Å². The van der Waals surface area contributed by atoms with E-state index >= 15 is 0 Å². The van der Waals surface area contributed by atoms with Gasteiger partial charge >= 0.3 is 5.97 Å². The molecule has 2 aliphatic heterocycles. The summed E-state index contributed by atoms with van der Waals surface area (Å²) in [5.74, 6) is -0.344. The normalized spacial score (nSPS) is 17.7. The number of rotatable bonds is 6. The minimum atomic E-state index is -0.307. The van der Waals surface area contributed by atoms with Crippen LogP contribution >= 0.6 is 0 Å². The highest BCUT2D eigenvalue weighted by atomic mass is 16.5. The van der Waals surface area contributed by atoms with Crippen LogP contribution in [0.1, 0.15) is 63.9 Å². The SMILES string of the molecule is CCn1nc(CCCOC(=O)c2ccc(C)cc2)c2c1C(=O)NCC1(CCOCC1)C2. The van der Waals surface area contributed by atoms with Crippen LogP contribution in [-0.4, -0.2) is 48.0 Å². The molecule has 7 heteroatoms. The quantitative estimate of drug-likeness (QED) is 0.568. The Balaban J connectivity index is 1.44. The summed E-state index contributed by atoms with van der Waals surface area (Å²) in [6, 6.07) is 7.37. The maximum absolute atomic E-state index is 12.9. The van der Waals surface area contributed by atoms with Crippen molar-refractivity contribution in [2.75, 3.05) is 26.4 Å². The number of nitrogens with one attached hydrogen (secondary N) is 1. The van der Waals surface area contributed by atoms with Gasteiger partial charge in [-0.05, 0) is 63.5 Å². The van der Waals surface area contributed by atoms with Crippen molar-refractivity contribution in [2.24, 2.45) is 5.41 Å². The Bertz CT molecular complexity index is 942. The van der Waals surface area contributed by atoms with Gasteiger partial charge in [0.25, 0.3) is 5.91 Å². The van der Waals surface area contributed by atoms with Gasteiger partial charge in [0.15, 0.2) is 0 Å². The van der Waals surface area contributed by atoms with Crippen molar-refractivity contribution in [3.05, 3.63) is 52.3 Å². The number of aromatic nitrogens is 2. The standard InChI is InChI=1S/C24H31N3O4/c1-3-27-21-19(15-24(16-25-22(21)28)10-13-30-14-11-24)20(26-27)5-4-12-31-23(29)18-8-6-17(2)7-9-18/h6-9H,3-5,10-16H2,1-2H3,(H,25,28). The number of ether oxygens (including phenoxy) is 2. The molecular weight excluding hydrogens is 394 g/mol. The van der Waals surface area contributed by atoms with Gasteiger partial charge in [-0.3, -0.25) is 9.48 Å². The minimum Gasteiger partial charge on any atom is -0.462 e. The van der Waals surface area contributed by atoms with E-state index in [-0.39, 0.29) is 17.3 Å². The van der Waals surface area contributed by atoms with Crippen molar-refractivity contribution < 1.29 is 19.1 Å².